The first-order chi connectivity index (χ1) is 10.7. The molecule has 2 aromatic carbocycles. The monoisotopic (exact) mass is 297 g/mol. The Labute approximate surface area is 129 Å². The molecular weight excluding hydrogens is 278 g/mol. The molecule has 0 spiro atoms. The fraction of sp³-hybridized carbons (Fsp3) is 0.278. The van der Waals surface area contributed by atoms with Gasteiger partial charge in [-0.05, 0) is 42.0 Å². The van der Waals surface area contributed by atoms with Crippen molar-refractivity contribution >= 4 is 6.09 Å². The number of nitrogens with two attached hydrogens (primary N) is 1. The van der Waals surface area contributed by atoms with Crippen molar-refractivity contribution in [3.8, 4) is 16.9 Å². The normalized spacial score (nSPS) is 16.7. The molecule has 0 heterocycles. The number of carbonyl (C=O) groups excluding carboxylic acids is 1. The highest BCUT2D eigenvalue weighted by atomic mass is 16.6. The lowest BCUT2D eigenvalue weighted by molar-refractivity contribution is 0.0959. The molecule has 1 amide bonds. The second-order valence-corrected chi connectivity index (χ2v) is 5.43. The van der Waals surface area contributed by atoms with Gasteiger partial charge in [-0.2, -0.15) is 0 Å². The molecule has 2 aromatic rings. The maximum Gasteiger partial charge on any atom is 0.405 e. The van der Waals surface area contributed by atoms with E-state index in [1.165, 1.54) is 5.56 Å². The highest BCUT2D eigenvalue weighted by Gasteiger charge is 2.23. The van der Waals surface area contributed by atoms with E-state index >= 15 is 0 Å². The van der Waals surface area contributed by atoms with Crippen LogP contribution in [-0.4, -0.2) is 13.2 Å². The number of carbonyl (C=O) groups is 1. The van der Waals surface area contributed by atoms with Crippen LogP contribution in [0.3, 0.4) is 0 Å². The molecule has 0 radical (unpaired) electrons. The highest BCUT2D eigenvalue weighted by Crippen LogP contribution is 2.37. The molecule has 3 rings (SSSR count). The van der Waals surface area contributed by atoms with Crippen molar-refractivity contribution in [1.29, 1.82) is 0 Å². The minimum Gasteiger partial charge on any atom is -0.496 e. The quantitative estimate of drug-likeness (QED) is 0.936. The first-order valence-electron chi connectivity index (χ1n) is 7.41. The number of amides is 1. The summed E-state index contributed by atoms with van der Waals surface area (Å²) in [5.74, 6) is 0.850. The summed E-state index contributed by atoms with van der Waals surface area (Å²) in [7, 11) is 1.67. The molecule has 2 N–H and O–H groups in total. The van der Waals surface area contributed by atoms with Crippen LogP contribution in [0, 0.1) is 0 Å². The predicted molar refractivity (Wildman–Crippen MR) is 84.8 cm³/mol. The Bertz CT molecular complexity index is 696. The standard InChI is InChI=1S/C18H19NO3/c1-21-16-7-3-2-6-14(16)13-9-10-15-12(11-13)5-4-8-17(15)22-18(19)20/h2-3,6-7,9-11,17H,4-5,8H2,1H3,(H2,19,20). The molecule has 0 fully saturated rings. The summed E-state index contributed by atoms with van der Waals surface area (Å²) in [6.07, 6.45) is 1.85. The van der Waals surface area contributed by atoms with Crippen LogP contribution in [0.1, 0.15) is 30.1 Å². The van der Waals surface area contributed by atoms with Gasteiger partial charge in [-0.1, -0.05) is 36.4 Å². The summed E-state index contributed by atoms with van der Waals surface area (Å²) in [5.41, 5.74) is 9.60. The lowest BCUT2D eigenvalue weighted by atomic mass is 9.87. The van der Waals surface area contributed by atoms with Crippen LogP contribution in [0.5, 0.6) is 5.75 Å². The van der Waals surface area contributed by atoms with E-state index in [1.54, 1.807) is 7.11 Å². The van der Waals surface area contributed by atoms with Crippen LogP contribution in [0.15, 0.2) is 42.5 Å². The van der Waals surface area contributed by atoms with E-state index in [4.69, 9.17) is 15.2 Å². The van der Waals surface area contributed by atoms with Crippen LogP contribution in [0.2, 0.25) is 0 Å². The number of para-hydroxylation sites is 1. The Kier molecular flexibility index (Phi) is 4.00. The van der Waals surface area contributed by atoms with Crippen molar-refractivity contribution < 1.29 is 14.3 Å². The smallest absolute Gasteiger partial charge is 0.405 e. The van der Waals surface area contributed by atoms with Crippen molar-refractivity contribution in [2.24, 2.45) is 5.73 Å². The zero-order chi connectivity index (χ0) is 15.5. The lowest BCUT2D eigenvalue weighted by Gasteiger charge is -2.25. The maximum atomic E-state index is 11.0. The summed E-state index contributed by atoms with van der Waals surface area (Å²) in [6.45, 7) is 0. The molecule has 0 aliphatic heterocycles. The summed E-state index contributed by atoms with van der Waals surface area (Å²) in [5, 5.41) is 0. The molecule has 0 saturated heterocycles. The molecule has 0 saturated carbocycles. The van der Waals surface area contributed by atoms with Gasteiger partial charge in [0.1, 0.15) is 11.9 Å². The number of fused-ring (bicyclic) bond motifs is 1. The molecule has 22 heavy (non-hydrogen) atoms. The third-order valence-electron chi connectivity index (χ3n) is 4.08. The largest absolute Gasteiger partial charge is 0.496 e. The van der Waals surface area contributed by atoms with Crippen molar-refractivity contribution in [2.75, 3.05) is 7.11 Å². The lowest BCUT2D eigenvalue weighted by Crippen LogP contribution is -2.20. The van der Waals surface area contributed by atoms with Crippen LogP contribution in [-0.2, 0) is 11.2 Å². The SMILES string of the molecule is COc1ccccc1-c1ccc2c(c1)CCCC2OC(N)=O. The molecule has 1 atom stereocenters. The predicted octanol–water partition coefficient (Wildman–Crippen LogP) is 3.83. The number of primary amides is 1. The number of rotatable bonds is 3. The van der Waals surface area contributed by atoms with Gasteiger partial charge in [-0.25, -0.2) is 4.79 Å². The number of benzene rings is 2. The topological polar surface area (TPSA) is 61.6 Å². The van der Waals surface area contributed by atoms with Gasteiger partial charge in [0.2, 0.25) is 0 Å². The van der Waals surface area contributed by atoms with Gasteiger partial charge < -0.3 is 15.2 Å². The number of hydrogen-bond donors (Lipinski definition) is 1. The maximum absolute atomic E-state index is 11.0. The van der Waals surface area contributed by atoms with Crippen molar-refractivity contribution in [3.63, 3.8) is 0 Å². The van der Waals surface area contributed by atoms with Gasteiger partial charge in [0.25, 0.3) is 0 Å². The van der Waals surface area contributed by atoms with Crippen molar-refractivity contribution in [3.05, 3.63) is 53.6 Å². The Morgan fingerprint density at radius 3 is 2.82 bits per heavy atom. The van der Waals surface area contributed by atoms with E-state index in [0.717, 1.165) is 41.7 Å². The number of aryl methyl sites for hydroxylation is 1. The fourth-order valence-electron chi connectivity index (χ4n) is 3.08. The zero-order valence-corrected chi connectivity index (χ0v) is 12.5. The molecule has 0 bridgehead atoms. The average Bonchev–Trinajstić information content (AvgIpc) is 2.54. The van der Waals surface area contributed by atoms with Crippen LogP contribution in [0.4, 0.5) is 4.79 Å². The fourth-order valence-corrected chi connectivity index (χ4v) is 3.08. The Balaban J connectivity index is 1.99. The minimum atomic E-state index is -0.716. The zero-order valence-electron chi connectivity index (χ0n) is 12.5. The molecule has 4 nitrogen and oxygen atoms in total. The third-order valence-corrected chi connectivity index (χ3v) is 4.08. The van der Waals surface area contributed by atoms with Gasteiger partial charge >= 0.3 is 6.09 Å². The molecule has 0 aromatic heterocycles. The number of ether oxygens (including phenoxy) is 2. The van der Waals surface area contributed by atoms with E-state index in [9.17, 15) is 4.79 Å². The molecular formula is C18H19NO3. The summed E-state index contributed by atoms with van der Waals surface area (Å²) in [4.78, 5) is 11.0. The van der Waals surface area contributed by atoms with Gasteiger partial charge in [-0.15, -0.1) is 0 Å². The van der Waals surface area contributed by atoms with Gasteiger partial charge in [0, 0.05) is 5.56 Å². The van der Waals surface area contributed by atoms with Crippen molar-refractivity contribution in [2.45, 2.75) is 25.4 Å². The van der Waals surface area contributed by atoms with Gasteiger partial charge in [-0.3, -0.25) is 0 Å². The van der Waals surface area contributed by atoms with Crippen LogP contribution in [0.25, 0.3) is 11.1 Å². The number of hydrogen-bond acceptors (Lipinski definition) is 3. The Morgan fingerprint density at radius 2 is 2.05 bits per heavy atom. The highest BCUT2D eigenvalue weighted by molar-refractivity contribution is 5.72. The number of methoxy groups -OCH3 is 1. The van der Waals surface area contributed by atoms with E-state index < -0.39 is 6.09 Å². The minimum absolute atomic E-state index is 0.229. The summed E-state index contributed by atoms with van der Waals surface area (Å²) in [6, 6.07) is 14.2. The molecule has 1 unspecified atom stereocenters. The Morgan fingerprint density at radius 1 is 1.23 bits per heavy atom. The summed E-state index contributed by atoms with van der Waals surface area (Å²) < 4.78 is 10.7. The summed E-state index contributed by atoms with van der Waals surface area (Å²) >= 11 is 0. The van der Waals surface area contributed by atoms with E-state index in [0.29, 0.717) is 0 Å². The van der Waals surface area contributed by atoms with E-state index in [-0.39, 0.29) is 6.10 Å². The Hall–Kier alpha value is -2.49. The van der Waals surface area contributed by atoms with Gasteiger partial charge in [0.15, 0.2) is 0 Å². The van der Waals surface area contributed by atoms with E-state index in [2.05, 4.69) is 6.07 Å². The first kappa shape index (κ1) is 14.4. The second kappa shape index (κ2) is 6.10. The first-order valence-corrected chi connectivity index (χ1v) is 7.41. The molecule has 1 aliphatic rings. The average molecular weight is 297 g/mol. The third kappa shape index (κ3) is 2.77. The van der Waals surface area contributed by atoms with Crippen LogP contribution >= 0.6 is 0 Å². The second-order valence-electron chi connectivity index (χ2n) is 5.43. The molecule has 1 aliphatic carbocycles. The van der Waals surface area contributed by atoms with Gasteiger partial charge in [0.05, 0.1) is 7.11 Å². The molecule has 114 valence electrons. The van der Waals surface area contributed by atoms with E-state index in [1.807, 2.05) is 36.4 Å². The van der Waals surface area contributed by atoms with Crippen LogP contribution < -0.4 is 10.5 Å². The van der Waals surface area contributed by atoms with Crippen molar-refractivity contribution in [1.82, 2.24) is 0 Å². The molecule has 4 heteroatoms.